The molecule has 0 aliphatic carbocycles. The van der Waals surface area contributed by atoms with E-state index >= 15 is 0 Å². The lowest BCUT2D eigenvalue weighted by Gasteiger charge is -2.09. The maximum atomic E-state index is 11.9. The van der Waals surface area contributed by atoms with Crippen molar-refractivity contribution in [3.63, 3.8) is 0 Å². The van der Waals surface area contributed by atoms with Gasteiger partial charge in [-0.05, 0) is 36.2 Å². The van der Waals surface area contributed by atoms with Crippen LogP contribution in [0.5, 0.6) is 5.75 Å². The number of nitrogens with two attached hydrogens (primary N) is 1. The molecule has 0 aromatic heterocycles. The molecular formula is C18H23N3O4S. The van der Waals surface area contributed by atoms with Gasteiger partial charge in [-0.1, -0.05) is 18.2 Å². The van der Waals surface area contributed by atoms with Gasteiger partial charge < -0.3 is 15.4 Å². The van der Waals surface area contributed by atoms with Crippen LogP contribution in [0.1, 0.15) is 12.0 Å². The molecule has 2 aromatic carbocycles. The van der Waals surface area contributed by atoms with Gasteiger partial charge in [-0.15, -0.1) is 0 Å². The van der Waals surface area contributed by atoms with E-state index in [1.807, 2.05) is 24.3 Å². The zero-order valence-corrected chi connectivity index (χ0v) is 15.4. The maximum Gasteiger partial charge on any atom is 0.238 e. The molecule has 0 saturated heterocycles. The second-order valence-corrected chi connectivity index (χ2v) is 7.26. The molecule has 140 valence electrons. The highest BCUT2D eigenvalue weighted by atomic mass is 32.2. The number of sulfonamides is 1. The van der Waals surface area contributed by atoms with Crippen LogP contribution in [0.3, 0.4) is 0 Å². The second-order valence-electron chi connectivity index (χ2n) is 5.70. The van der Waals surface area contributed by atoms with Gasteiger partial charge >= 0.3 is 0 Å². The Kier molecular flexibility index (Phi) is 6.99. The molecule has 4 N–H and O–H groups in total. The summed E-state index contributed by atoms with van der Waals surface area (Å²) < 4.78 is 27.5. The predicted octanol–water partition coefficient (Wildman–Crippen LogP) is 1.50. The monoisotopic (exact) mass is 377 g/mol. The van der Waals surface area contributed by atoms with Crippen molar-refractivity contribution < 1.29 is 17.9 Å². The summed E-state index contributed by atoms with van der Waals surface area (Å²) >= 11 is 0. The average Bonchev–Trinajstić information content (AvgIpc) is 2.61. The fourth-order valence-corrected chi connectivity index (χ4v) is 2.85. The first kappa shape index (κ1) is 19.7. The van der Waals surface area contributed by atoms with Gasteiger partial charge in [0.25, 0.3) is 0 Å². The van der Waals surface area contributed by atoms with Crippen LogP contribution in [0.15, 0.2) is 53.4 Å². The number of nitrogens with one attached hydrogen (secondary N) is 2. The van der Waals surface area contributed by atoms with E-state index in [9.17, 15) is 13.2 Å². The van der Waals surface area contributed by atoms with Crippen molar-refractivity contribution in [3.8, 4) is 5.75 Å². The van der Waals surface area contributed by atoms with Crippen LogP contribution in [-0.2, 0) is 21.2 Å². The number of primary sulfonamides is 1. The highest BCUT2D eigenvalue weighted by molar-refractivity contribution is 7.89. The Morgan fingerprint density at radius 2 is 1.85 bits per heavy atom. The number of anilines is 1. The molecule has 0 bridgehead atoms. The molecule has 0 unspecified atom stereocenters. The van der Waals surface area contributed by atoms with Gasteiger partial charge in [0, 0.05) is 31.3 Å². The zero-order valence-electron chi connectivity index (χ0n) is 14.6. The number of rotatable bonds is 9. The standard InChI is InChI=1S/C18H23N3O4S/c1-25-16-4-2-3-15(13-16)20-12-10-18(22)21-11-9-14-5-7-17(8-6-14)26(19,23)24/h2-8,13,20H,9-12H2,1H3,(H,21,22)(H2,19,23,24). The number of ether oxygens (including phenoxy) is 1. The normalized spacial score (nSPS) is 11.0. The molecule has 1 amide bonds. The molecule has 0 saturated carbocycles. The summed E-state index contributed by atoms with van der Waals surface area (Å²) in [6.45, 7) is 0.995. The molecule has 0 aliphatic heterocycles. The number of hydrogen-bond acceptors (Lipinski definition) is 5. The summed E-state index contributed by atoms with van der Waals surface area (Å²) in [5.41, 5.74) is 1.82. The van der Waals surface area contributed by atoms with E-state index in [4.69, 9.17) is 9.88 Å². The third-order valence-corrected chi connectivity index (χ3v) is 4.67. The highest BCUT2D eigenvalue weighted by Gasteiger charge is 2.07. The molecular weight excluding hydrogens is 354 g/mol. The van der Waals surface area contributed by atoms with Gasteiger partial charge in [0.1, 0.15) is 5.75 Å². The van der Waals surface area contributed by atoms with Crippen molar-refractivity contribution >= 4 is 21.6 Å². The van der Waals surface area contributed by atoms with Crippen LogP contribution in [0.25, 0.3) is 0 Å². The lowest BCUT2D eigenvalue weighted by atomic mass is 10.1. The number of benzene rings is 2. The molecule has 0 heterocycles. The fraction of sp³-hybridized carbons (Fsp3) is 0.278. The summed E-state index contributed by atoms with van der Waals surface area (Å²) in [6, 6.07) is 13.8. The minimum Gasteiger partial charge on any atom is -0.497 e. The first-order valence-corrected chi connectivity index (χ1v) is 9.69. The molecule has 26 heavy (non-hydrogen) atoms. The van der Waals surface area contributed by atoms with Crippen molar-refractivity contribution in [2.75, 3.05) is 25.5 Å². The first-order chi connectivity index (χ1) is 12.4. The van der Waals surface area contributed by atoms with Gasteiger partial charge in [0.15, 0.2) is 0 Å². The van der Waals surface area contributed by atoms with Crippen LogP contribution >= 0.6 is 0 Å². The molecule has 0 radical (unpaired) electrons. The van der Waals surface area contributed by atoms with E-state index in [2.05, 4.69) is 10.6 Å². The summed E-state index contributed by atoms with van der Waals surface area (Å²) in [4.78, 5) is 11.9. The number of carbonyl (C=O) groups is 1. The Morgan fingerprint density at radius 3 is 2.50 bits per heavy atom. The van der Waals surface area contributed by atoms with E-state index in [0.717, 1.165) is 17.0 Å². The molecule has 8 heteroatoms. The molecule has 2 aromatic rings. The first-order valence-electron chi connectivity index (χ1n) is 8.15. The van der Waals surface area contributed by atoms with Crippen molar-refractivity contribution in [2.45, 2.75) is 17.7 Å². The number of amides is 1. The van der Waals surface area contributed by atoms with Crippen molar-refractivity contribution in [1.82, 2.24) is 5.32 Å². The minimum absolute atomic E-state index is 0.0541. The van der Waals surface area contributed by atoms with Crippen LogP contribution < -0.4 is 20.5 Å². The molecule has 0 aliphatic rings. The SMILES string of the molecule is COc1cccc(NCCC(=O)NCCc2ccc(S(N)(=O)=O)cc2)c1. The van der Waals surface area contributed by atoms with Gasteiger partial charge in [-0.3, -0.25) is 4.79 Å². The van der Waals surface area contributed by atoms with Crippen molar-refractivity contribution in [1.29, 1.82) is 0 Å². The Morgan fingerprint density at radius 1 is 1.12 bits per heavy atom. The van der Waals surface area contributed by atoms with E-state index in [-0.39, 0.29) is 10.8 Å². The quantitative estimate of drug-likeness (QED) is 0.613. The molecule has 7 nitrogen and oxygen atoms in total. The van der Waals surface area contributed by atoms with Gasteiger partial charge in [-0.25, -0.2) is 13.6 Å². The van der Waals surface area contributed by atoms with Gasteiger partial charge in [0.05, 0.1) is 12.0 Å². The molecule has 2 rings (SSSR count). The summed E-state index contributed by atoms with van der Waals surface area (Å²) in [5, 5.41) is 11.1. The van der Waals surface area contributed by atoms with Crippen LogP contribution in [0.2, 0.25) is 0 Å². The Balaban J connectivity index is 1.68. The summed E-state index contributed by atoms with van der Waals surface area (Å²) in [6.07, 6.45) is 0.960. The third kappa shape index (κ3) is 6.38. The Bertz CT molecular complexity index is 836. The number of carbonyl (C=O) groups excluding carboxylic acids is 1. The van der Waals surface area contributed by atoms with Crippen LogP contribution in [-0.4, -0.2) is 34.5 Å². The van der Waals surface area contributed by atoms with E-state index in [1.54, 1.807) is 19.2 Å². The third-order valence-electron chi connectivity index (χ3n) is 3.74. The summed E-state index contributed by atoms with van der Waals surface area (Å²) in [5.74, 6) is 0.703. The molecule has 0 atom stereocenters. The number of hydrogen-bond donors (Lipinski definition) is 3. The predicted molar refractivity (Wildman–Crippen MR) is 101 cm³/mol. The van der Waals surface area contributed by atoms with Crippen molar-refractivity contribution in [3.05, 3.63) is 54.1 Å². The fourth-order valence-electron chi connectivity index (χ4n) is 2.33. The Hall–Kier alpha value is -2.58. The van der Waals surface area contributed by atoms with Gasteiger partial charge in [-0.2, -0.15) is 0 Å². The Labute approximate surface area is 153 Å². The zero-order chi connectivity index (χ0) is 19.0. The topological polar surface area (TPSA) is 111 Å². The van der Waals surface area contributed by atoms with E-state index in [0.29, 0.717) is 25.9 Å². The van der Waals surface area contributed by atoms with Crippen LogP contribution in [0.4, 0.5) is 5.69 Å². The van der Waals surface area contributed by atoms with Crippen molar-refractivity contribution in [2.24, 2.45) is 5.14 Å². The smallest absolute Gasteiger partial charge is 0.238 e. The van der Waals surface area contributed by atoms with Crippen LogP contribution in [0, 0.1) is 0 Å². The lowest BCUT2D eigenvalue weighted by Crippen LogP contribution is -2.27. The molecule has 0 spiro atoms. The highest BCUT2D eigenvalue weighted by Crippen LogP contribution is 2.16. The maximum absolute atomic E-state index is 11.9. The largest absolute Gasteiger partial charge is 0.497 e. The molecule has 0 fully saturated rings. The average molecular weight is 377 g/mol. The van der Waals surface area contributed by atoms with E-state index in [1.165, 1.54) is 12.1 Å². The van der Waals surface area contributed by atoms with E-state index < -0.39 is 10.0 Å². The summed E-state index contributed by atoms with van der Waals surface area (Å²) in [7, 11) is -2.07. The lowest BCUT2D eigenvalue weighted by molar-refractivity contribution is -0.120. The second kappa shape index (κ2) is 9.21. The van der Waals surface area contributed by atoms with Gasteiger partial charge in [0.2, 0.25) is 15.9 Å². The number of methoxy groups -OCH3 is 1. The minimum atomic E-state index is -3.68.